The number of rotatable bonds is 7. The van der Waals surface area contributed by atoms with Gasteiger partial charge in [0, 0.05) is 31.7 Å². The van der Waals surface area contributed by atoms with Gasteiger partial charge in [-0.1, -0.05) is 29.0 Å². The highest BCUT2D eigenvalue weighted by Crippen LogP contribution is 2.36. The van der Waals surface area contributed by atoms with E-state index in [0.29, 0.717) is 28.9 Å². The molecule has 0 spiro atoms. The molecular weight excluding hydrogens is 469 g/mol. The molecule has 1 saturated heterocycles. The van der Waals surface area contributed by atoms with E-state index in [4.69, 9.17) is 26.1 Å². The van der Waals surface area contributed by atoms with Gasteiger partial charge in [0.05, 0.1) is 35.1 Å². The first-order valence-electron chi connectivity index (χ1n) is 10.5. The largest absolute Gasteiger partial charge is 0.494 e. The molecule has 0 aliphatic carbocycles. The third-order valence-electron chi connectivity index (χ3n) is 5.32. The number of carbonyl (C=O) groups is 1. The first kappa shape index (κ1) is 24.7. The number of aromatic nitrogens is 1. The predicted molar refractivity (Wildman–Crippen MR) is 133 cm³/mol. The molecule has 0 N–H and O–H groups in total. The van der Waals surface area contributed by atoms with Gasteiger partial charge in [-0.25, -0.2) is 4.98 Å². The Hall–Kier alpha value is -1.90. The maximum absolute atomic E-state index is 13.5. The zero-order chi connectivity index (χ0) is 21.8. The Morgan fingerprint density at radius 1 is 1.22 bits per heavy atom. The van der Waals surface area contributed by atoms with Gasteiger partial charge in [-0.15, -0.1) is 12.4 Å². The molecule has 32 heavy (non-hydrogen) atoms. The van der Waals surface area contributed by atoms with Gasteiger partial charge in [0.1, 0.15) is 5.75 Å². The lowest BCUT2D eigenvalue weighted by Gasteiger charge is -2.29. The fourth-order valence-corrected chi connectivity index (χ4v) is 4.91. The number of benzene rings is 2. The maximum Gasteiger partial charge on any atom is 0.260 e. The molecule has 0 radical (unpaired) electrons. The summed E-state index contributed by atoms with van der Waals surface area (Å²) < 4.78 is 11.9. The van der Waals surface area contributed by atoms with Crippen LogP contribution in [0.1, 0.15) is 22.8 Å². The molecule has 1 aliphatic heterocycles. The van der Waals surface area contributed by atoms with Crippen molar-refractivity contribution < 1.29 is 14.3 Å². The Labute approximate surface area is 203 Å². The summed E-state index contributed by atoms with van der Waals surface area (Å²) in [6.07, 6.45) is 0. The van der Waals surface area contributed by atoms with Gasteiger partial charge in [-0.2, -0.15) is 0 Å². The van der Waals surface area contributed by atoms with Crippen LogP contribution < -0.4 is 9.64 Å². The van der Waals surface area contributed by atoms with E-state index < -0.39 is 0 Å². The first-order chi connectivity index (χ1) is 15.1. The van der Waals surface area contributed by atoms with Crippen molar-refractivity contribution in [3.63, 3.8) is 0 Å². The van der Waals surface area contributed by atoms with Crippen molar-refractivity contribution in [2.45, 2.75) is 13.8 Å². The number of fused-ring (bicyclic) bond motifs is 1. The zero-order valence-corrected chi connectivity index (χ0v) is 20.6. The van der Waals surface area contributed by atoms with E-state index in [1.54, 1.807) is 17.0 Å². The van der Waals surface area contributed by atoms with Gasteiger partial charge in [-0.3, -0.25) is 14.6 Å². The summed E-state index contributed by atoms with van der Waals surface area (Å²) in [4.78, 5) is 22.4. The number of nitrogens with zero attached hydrogens (tertiary/aromatic N) is 3. The molecule has 2 aromatic carbocycles. The number of anilines is 1. The van der Waals surface area contributed by atoms with Gasteiger partial charge in [0.2, 0.25) is 0 Å². The van der Waals surface area contributed by atoms with Crippen LogP contribution in [0.4, 0.5) is 5.13 Å². The summed E-state index contributed by atoms with van der Waals surface area (Å²) in [5, 5.41) is 1.32. The van der Waals surface area contributed by atoms with Gasteiger partial charge in [0.15, 0.2) is 5.13 Å². The van der Waals surface area contributed by atoms with Crippen LogP contribution in [-0.2, 0) is 4.74 Å². The van der Waals surface area contributed by atoms with Crippen molar-refractivity contribution >= 4 is 56.6 Å². The molecule has 0 unspecified atom stereocenters. The number of aryl methyl sites for hydroxylation is 1. The van der Waals surface area contributed by atoms with Gasteiger partial charge in [-0.05, 0) is 49.7 Å². The third kappa shape index (κ3) is 5.53. The molecule has 172 valence electrons. The van der Waals surface area contributed by atoms with E-state index in [1.807, 2.05) is 38.1 Å². The van der Waals surface area contributed by atoms with Gasteiger partial charge in [0.25, 0.3) is 5.91 Å². The molecule has 0 atom stereocenters. The predicted octanol–water partition coefficient (Wildman–Crippen LogP) is 5.06. The summed E-state index contributed by atoms with van der Waals surface area (Å²) >= 11 is 7.88. The molecule has 1 aliphatic rings. The lowest BCUT2D eigenvalue weighted by molar-refractivity contribution is 0.0391. The number of thiazole rings is 1. The van der Waals surface area contributed by atoms with E-state index in [0.717, 1.165) is 54.4 Å². The van der Waals surface area contributed by atoms with Gasteiger partial charge < -0.3 is 9.47 Å². The van der Waals surface area contributed by atoms with E-state index in [1.165, 1.54) is 11.3 Å². The molecule has 0 bridgehead atoms. The Balaban J connectivity index is 0.00000289. The monoisotopic (exact) mass is 495 g/mol. The molecule has 3 aromatic rings. The molecule has 1 aromatic heterocycles. The lowest BCUT2D eigenvalue weighted by atomic mass is 10.2. The second kappa shape index (κ2) is 11.3. The van der Waals surface area contributed by atoms with E-state index in [-0.39, 0.29) is 18.3 Å². The van der Waals surface area contributed by atoms with Crippen molar-refractivity contribution in [1.29, 1.82) is 0 Å². The van der Waals surface area contributed by atoms with Crippen LogP contribution in [0.3, 0.4) is 0 Å². The summed E-state index contributed by atoms with van der Waals surface area (Å²) in [6, 6.07) is 11.1. The second-order valence-corrected chi connectivity index (χ2v) is 8.79. The summed E-state index contributed by atoms with van der Waals surface area (Å²) in [7, 11) is 0. The molecule has 4 rings (SSSR count). The zero-order valence-electron chi connectivity index (χ0n) is 18.2. The Kier molecular flexibility index (Phi) is 8.73. The van der Waals surface area contributed by atoms with E-state index in [9.17, 15) is 4.79 Å². The fraction of sp³-hybridized carbons (Fsp3) is 0.391. The summed E-state index contributed by atoms with van der Waals surface area (Å²) in [6.45, 7) is 9.03. The average Bonchev–Trinajstić information content (AvgIpc) is 3.24. The molecule has 0 saturated carbocycles. The molecule has 1 fully saturated rings. The topological polar surface area (TPSA) is 54.9 Å². The Morgan fingerprint density at radius 2 is 1.94 bits per heavy atom. The van der Waals surface area contributed by atoms with Crippen LogP contribution in [0, 0.1) is 6.92 Å². The number of morpholine rings is 1. The van der Waals surface area contributed by atoms with Crippen LogP contribution >= 0.6 is 35.3 Å². The summed E-state index contributed by atoms with van der Waals surface area (Å²) in [5.74, 6) is 0.672. The number of carbonyl (C=O) groups excluding carboxylic acids is 1. The maximum atomic E-state index is 13.5. The highest BCUT2D eigenvalue weighted by Gasteiger charge is 2.24. The smallest absolute Gasteiger partial charge is 0.260 e. The van der Waals surface area contributed by atoms with Crippen LogP contribution in [-0.4, -0.2) is 61.8 Å². The number of amides is 1. The van der Waals surface area contributed by atoms with Crippen molar-refractivity contribution in [2.24, 2.45) is 0 Å². The molecule has 1 amide bonds. The van der Waals surface area contributed by atoms with Crippen LogP contribution in [0.25, 0.3) is 10.2 Å². The second-order valence-electron chi connectivity index (χ2n) is 7.41. The number of hydrogen-bond acceptors (Lipinski definition) is 6. The minimum atomic E-state index is -0.0795. The number of hydrogen-bond donors (Lipinski definition) is 0. The van der Waals surface area contributed by atoms with E-state index in [2.05, 4.69) is 4.90 Å². The number of ether oxygens (including phenoxy) is 2. The Bertz CT molecular complexity index is 1010. The first-order valence-corrected chi connectivity index (χ1v) is 11.7. The Morgan fingerprint density at radius 3 is 2.59 bits per heavy atom. The normalized spacial score (nSPS) is 14.2. The molecule has 2 heterocycles. The number of halogens is 2. The molecule has 9 heteroatoms. The summed E-state index contributed by atoms with van der Waals surface area (Å²) in [5.41, 5.74) is 2.50. The minimum Gasteiger partial charge on any atom is -0.494 e. The molecule has 6 nitrogen and oxygen atoms in total. The van der Waals surface area contributed by atoms with Crippen molar-refractivity contribution in [3.05, 3.63) is 52.5 Å². The van der Waals surface area contributed by atoms with Crippen LogP contribution in [0.2, 0.25) is 5.02 Å². The van der Waals surface area contributed by atoms with E-state index >= 15 is 0 Å². The highest BCUT2D eigenvalue weighted by atomic mass is 35.5. The average molecular weight is 496 g/mol. The van der Waals surface area contributed by atoms with Crippen molar-refractivity contribution in [2.75, 3.05) is 50.9 Å². The van der Waals surface area contributed by atoms with Crippen LogP contribution in [0.15, 0.2) is 36.4 Å². The lowest BCUT2D eigenvalue weighted by Crippen LogP contribution is -2.43. The molecular formula is C23H27Cl2N3O3S. The minimum absolute atomic E-state index is 0. The quantitative estimate of drug-likeness (QED) is 0.458. The van der Waals surface area contributed by atoms with Crippen molar-refractivity contribution in [1.82, 2.24) is 9.88 Å². The standard InChI is InChI=1S/C23H26ClN3O3S.ClH/c1-3-30-18-7-5-17(6-8-18)22(28)27(11-10-26-12-14-29-15-13-26)23-25-20-16(2)4-9-19(24)21(20)31-23;/h4-9H,3,10-15H2,1-2H3;1H. The van der Waals surface area contributed by atoms with Crippen LogP contribution in [0.5, 0.6) is 5.75 Å². The third-order valence-corrected chi connectivity index (χ3v) is 6.86. The highest BCUT2D eigenvalue weighted by molar-refractivity contribution is 7.23. The van der Waals surface area contributed by atoms with Crippen molar-refractivity contribution in [3.8, 4) is 5.75 Å². The fourth-order valence-electron chi connectivity index (χ4n) is 3.57. The van der Waals surface area contributed by atoms with Gasteiger partial charge >= 0.3 is 0 Å². The SMILES string of the molecule is CCOc1ccc(C(=O)N(CCN2CCOCC2)c2nc3c(C)ccc(Cl)c3s2)cc1.Cl.